The van der Waals surface area contributed by atoms with E-state index in [2.05, 4.69) is 0 Å². The molecule has 3 fully saturated rings. The highest BCUT2D eigenvalue weighted by Crippen LogP contribution is 2.37. The molecule has 0 bridgehead atoms. The molecular formula is C20H38N2O14S. The molecule has 3 saturated heterocycles. The molecule has 3 heterocycles. The number of β-amino-alcohol motifs (C(OH)–C–C–N with tert-alkyl or cyclic N) is 1. The second-order valence-electron chi connectivity index (χ2n) is 9.33. The van der Waals surface area contributed by atoms with E-state index in [1.807, 2.05) is 9.80 Å². The van der Waals surface area contributed by atoms with Crippen molar-refractivity contribution in [2.75, 3.05) is 71.4 Å². The molecule has 0 spiro atoms. The van der Waals surface area contributed by atoms with Gasteiger partial charge >= 0.3 is 0 Å². The highest BCUT2D eigenvalue weighted by Gasteiger charge is 2.59. The molecule has 0 radical (unpaired) electrons. The van der Waals surface area contributed by atoms with Gasteiger partial charge in [-0.1, -0.05) is 0 Å². The van der Waals surface area contributed by atoms with Crippen LogP contribution in [0.1, 0.15) is 0 Å². The van der Waals surface area contributed by atoms with Crippen LogP contribution in [0, 0.1) is 0 Å². The van der Waals surface area contributed by atoms with Crippen LogP contribution in [0.25, 0.3) is 0 Å². The Morgan fingerprint density at radius 2 is 1.41 bits per heavy atom. The van der Waals surface area contributed by atoms with Crippen LogP contribution >= 0.6 is 0 Å². The van der Waals surface area contributed by atoms with E-state index in [4.69, 9.17) is 23.5 Å². The van der Waals surface area contributed by atoms with Gasteiger partial charge in [0.2, 0.25) is 5.79 Å². The zero-order valence-electron chi connectivity index (χ0n) is 20.2. The maximum atomic E-state index is 12.6. The van der Waals surface area contributed by atoms with Crippen molar-refractivity contribution < 1.29 is 67.7 Å². The van der Waals surface area contributed by atoms with E-state index < -0.39 is 90.5 Å². The average molecular weight is 563 g/mol. The summed E-state index contributed by atoms with van der Waals surface area (Å²) < 4.78 is 46.6. The second kappa shape index (κ2) is 13.2. The van der Waals surface area contributed by atoms with Crippen molar-refractivity contribution in [3.63, 3.8) is 0 Å². The molecule has 0 aliphatic carbocycles. The van der Waals surface area contributed by atoms with Gasteiger partial charge in [-0.3, -0.25) is 14.0 Å². The first-order valence-corrected chi connectivity index (χ1v) is 13.6. The van der Waals surface area contributed by atoms with E-state index in [1.165, 1.54) is 0 Å². The first-order chi connectivity index (χ1) is 17.5. The number of aliphatic hydroxyl groups is 8. The first kappa shape index (κ1) is 30.9. The van der Waals surface area contributed by atoms with Crippen LogP contribution in [0.2, 0.25) is 0 Å². The van der Waals surface area contributed by atoms with E-state index >= 15 is 0 Å². The number of hydrogen-bond donors (Lipinski definition) is 8. The Morgan fingerprint density at radius 3 is 1.95 bits per heavy atom. The first-order valence-electron chi connectivity index (χ1n) is 12.0. The number of nitrogens with zero attached hydrogens (tertiary/aromatic N) is 2. The maximum absolute atomic E-state index is 12.6. The Bertz CT molecular complexity index is 813. The summed E-state index contributed by atoms with van der Waals surface area (Å²) in [6.07, 6.45) is -13.8. The van der Waals surface area contributed by atoms with Crippen molar-refractivity contribution in [1.82, 2.24) is 9.80 Å². The largest absolute Gasteiger partial charge is 0.395 e. The minimum Gasteiger partial charge on any atom is -0.395 e. The van der Waals surface area contributed by atoms with Crippen LogP contribution in [0.4, 0.5) is 0 Å². The van der Waals surface area contributed by atoms with Gasteiger partial charge in [-0.15, -0.1) is 0 Å². The number of aliphatic hydroxyl groups excluding tert-OH is 8. The third-order valence-corrected chi connectivity index (χ3v) is 7.99. The third kappa shape index (κ3) is 7.33. The fourth-order valence-electron chi connectivity index (χ4n) is 4.47. The zero-order chi connectivity index (χ0) is 27.4. The predicted molar refractivity (Wildman–Crippen MR) is 121 cm³/mol. The lowest BCUT2D eigenvalue weighted by molar-refractivity contribution is -0.382. The topological polar surface area (TPSA) is 239 Å². The highest BCUT2D eigenvalue weighted by atomic mass is 32.2. The van der Waals surface area contributed by atoms with Gasteiger partial charge in [0.05, 0.1) is 25.6 Å². The number of ether oxygens (including phenoxy) is 3. The smallest absolute Gasteiger partial charge is 0.268 e. The molecule has 0 unspecified atom stereocenters. The molecule has 0 aromatic heterocycles. The minimum absolute atomic E-state index is 0.0366. The van der Waals surface area contributed by atoms with E-state index in [9.17, 15) is 44.2 Å². The number of rotatable bonds is 12. The van der Waals surface area contributed by atoms with E-state index in [1.54, 1.807) is 0 Å². The molecule has 9 atom stereocenters. The Hall–Kier alpha value is -0.610. The average Bonchev–Trinajstić information content (AvgIpc) is 3.12. The van der Waals surface area contributed by atoms with Crippen LogP contribution in [0.5, 0.6) is 0 Å². The number of piperazine rings is 1. The van der Waals surface area contributed by atoms with E-state index in [0.717, 1.165) is 0 Å². The minimum atomic E-state index is -4.23. The van der Waals surface area contributed by atoms with Crippen molar-refractivity contribution in [1.29, 1.82) is 0 Å². The summed E-state index contributed by atoms with van der Waals surface area (Å²) in [5.74, 6) is -2.89. The van der Waals surface area contributed by atoms with Crippen LogP contribution in [0.3, 0.4) is 0 Å². The van der Waals surface area contributed by atoms with Gasteiger partial charge in [0.25, 0.3) is 10.1 Å². The van der Waals surface area contributed by atoms with Gasteiger partial charge in [0.15, 0.2) is 6.29 Å². The lowest BCUT2D eigenvalue weighted by Crippen LogP contribution is -2.63. The molecule has 3 rings (SSSR count). The Kier molecular flexibility index (Phi) is 11.0. The van der Waals surface area contributed by atoms with E-state index in [-0.39, 0.29) is 13.2 Å². The van der Waals surface area contributed by atoms with E-state index in [0.29, 0.717) is 32.7 Å². The summed E-state index contributed by atoms with van der Waals surface area (Å²) >= 11 is 0. The van der Waals surface area contributed by atoms with Gasteiger partial charge in [-0.25, -0.2) is 0 Å². The number of hydrogen-bond acceptors (Lipinski definition) is 16. The highest BCUT2D eigenvalue weighted by molar-refractivity contribution is 7.86. The predicted octanol–water partition coefficient (Wildman–Crippen LogP) is -6.43. The third-order valence-electron chi connectivity index (χ3n) is 6.83. The fourth-order valence-corrected chi connectivity index (χ4v) is 5.41. The molecular weight excluding hydrogens is 524 g/mol. The lowest BCUT2D eigenvalue weighted by Gasteiger charge is -2.43. The van der Waals surface area contributed by atoms with Crippen LogP contribution in [0.15, 0.2) is 0 Å². The van der Waals surface area contributed by atoms with Crippen molar-refractivity contribution >= 4 is 10.1 Å². The van der Waals surface area contributed by atoms with Gasteiger partial charge in [-0.2, -0.15) is 8.42 Å². The second-order valence-corrected chi connectivity index (χ2v) is 11.1. The summed E-state index contributed by atoms with van der Waals surface area (Å²) in [7, 11) is -4.23. The maximum Gasteiger partial charge on any atom is 0.268 e. The summed E-state index contributed by atoms with van der Waals surface area (Å²) in [6, 6.07) is 0. The molecule has 0 aromatic rings. The van der Waals surface area contributed by atoms with Crippen LogP contribution in [-0.4, -0.2) is 185 Å². The molecule has 16 nitrogen and oxygen atoms in total. The Labute approximate surface area is 214 Å². The molecule has 0 amide bonds. The van der Waals surface area contributed by atoms with Gasteiger partial charge in [0, 0.05) is 39.3 Å². The molecule has 0 saturated carbocycles. The molecule has 8 N–H and O–H groups in total. The van der Waals surface area contributed by atoms with Crippen LogP contribution < -0.4 is 0 Å². The molecule has 0 aromatic carbocycles. The molecule has 37 heavy (non-hydrogen) atoms. The zero-order valence-corrected chi connectivity index (χ0v) is 21.0. The SMILES string of the molecule is O=S(=O)(CCN1CCN(CCO)CC1)OC[C@@]1(O[C@H]2O[C@H](CO)[C@@H](O)[C@H](O)[C@H]2O)O[C@H](CO)[C@@H](O)[C@@H]1O. The summed E-state index contributed by atoms with van der Waals surface area (Å²) in [6.45, 7) is 0.650. The quantitative estimate of drug-likeness (QED) is 0.103. The summed E-state index contributed by atoms with van der Waals surface area (Å²) in [5, 5.41) is 79.1. The van der Waals surface area contributed by atoms with Crippen LogP contribution in [-0.2, 0) is 28.5 Å². The summed E-state index contributed by atoms with van der Waals surface area (Å²) in [5.41, 5.74) is 0. The standard InChI is InChI=1S/C20H38N2O14S/c23-7-5-21-1-3-22(4-2-21)6-8-37(31,32)33-11-20(18(30)15(27)13(10-25)35-20)36-19-17(29)16(28)14(26)12(9-24)34-19/h12-19,23-30H,1-11H2/t12-,13-,14-,15-,16+,17-,18+,19-,20+/m1/s1. The van der Waals surface area contributed by atoms with Gasteiger partial charge in [0.1, 0.15) is 49.3 Å². The van der Waals surface area contributed by atoms with Crippen molar-refractivity contribution in [3.05, 3.63) is 0 Å². The van der Waals surface area contributed by atoms with Crippen molar-refractivity contribution in [2.45, 2.75) is 54.8 Å². The monoisotopic (exact) mass is 562 g/mol. The lowest BCUT2D eigenvalue weighted by atomic mass is 9.99. The van der Waals surface area contributed by atoms with Crippen molar-refractivity contribution in [3.8, 4) is 0 Å². The fraction of sp³-hybridized carbons (Fsp3) is 1.00. The van der Waals surface area contributed by atoms with Gasteiger partial charge < -0.3 is 55.1 Å². The van der Waals surface area contributed by atoms with Gasteiger partial charge in [-0.05, 0) is 0 Å². The normalized spacial score (nSPS) is 40.3. The molecule has 3 aliphatic heterocycles. The molecule has 17 heteroatoms. The Morgan fingerprint density at radius 1 is 0.811 bits per heavy atom. The summed E-state index contributed by atoms with van der Waals surface area (Å²) in [4.78, 5) is 3.95. The molecule has 218 valence electrons. The molecule has 3 aliphatic rings. The van der Waals surface area contributed by atoms with Crippen molar-refractivity contribution in [2.24, 2.45) is 0 Å². The Balaban J connectivity index is 1.67.